The molecule has 2 aliphatic heterocycles. The van der Waals surface area contributed by atoms with Crippen LogP contribution in [0, 0.1) is 5.41 Å². The Morgan fingerprint density at radius 3 is 2.96 bits per heavy atom. The molecule has 0 saturated carbocycles. The van der Waals surface area contributed by atoms with Crippen LogP contribution < -0.4 is 5.32 Å². The largest absolute Gasteiger partial charge is 0.338 e. The maximum atomic E-state index is 13.1. The van der Waals surface area contributed by atoms with E-state index in [1.807, 2.05) is 29.2 Å². The number of aromatic nitrogens is 3. The van der Waals surface area contributed by atoms with Crippen molar-refractivity contribution in [1.29, 1.82) is 0 Å². The summed E-state index contributed by atoms with van der Waals surface area (Å²) in [6.07, 6.45) is 4.93. The number of hydrogen-bond acceptors (Lipinski definition) is 4. The molecular formula is C17H21N5O. The number of hydrogen-bond donors (Lipinski definition) is 2. The van der Waals surface area contributed by atoms with Crippen LogP contribution in [0.1, 0.15) is 29.6 Å². The number of piperidine rings is 1. The zero-order chi connectivity index (χ0) is 15.7. The number of aromatic amines is 1. The van der Waals surface area contributed by atoms with E-state index in [0.717, 1.165) is 38.2 Å². The standard InChI is InChI=1S/C17H21N5O/c23-16(22-9-3-6-17(11-22)7-8-18-10-17)14-5-2-1-4-13(14)15-19-12-20-21-15/h1-2,4-5,12,18H,3,6-11H2,(H,19,20,21). The van der Waals surface area contributed by atoms with Gasteiger partial charge < -0.3 is 10.2 Å². The van der Waals surface area contributed by atoms with Crippen molar-refractivity contribution < 1.29 is 4.79 Å². The molecule has 0 radical (unpaired) electrons. The lowest BCUT2D eigenvalue weighted by Gasteiger charge is -2.40. The highest BCUT2D eigenvalue weighted by Gasteiger charge is 2.39. The van der Waals surface area contributed by atoms with Crippen LogP contribution in [0.15, 0.2) is 30.6 Å². The minimum atomic E-state index is 0.1000. The molecule has 2 aromatic rings. The lowest BCUT2D eigenvalue weighted by molar-refractivity contribution is 0.0554. The molecule has 0 aliphatic carbocycles. The summed E-state index contributed by atoms with van der Waals surface area (Å²) in [6, 6.07) is 7.64. The summed E-state index contributed by atoms with van der Waals surface area (Å²) in [4.78, 5) is 19.3. The number of nitrogens with zero attached hydrogens (tertiary/aromatic N) is 3. The number of likely N-dealkylation sites (tertiary alicyclic amines) is 1. The zero-order valence-corrected chi connectivity index (χ0v) is 13.1. The Kier molecular flexibility index (Phi) is 3.61. The van der Waals surface area contributed by atoms with E-state index in [2.05, 4.69) is 20.5 Å². The first-order chi connectivity index (χ1) is 11.3. The monoisotopic (exact) mass is 311 g/mol. The smallest absolute Gasteiger partial charge is 0.254 e. The van der Waals surface area contributed by atoms with Gasteiger partial charge in [-0.3, -0.25) is 9.89 Å². The third-order valence-electron chi connectivity index (χ3n) is 5.11. The first kappa shape index (κ1) is 14.4. The molecule has 1 amide bonds. The molecule has 3 heterocycles. The molecule has 1 spiro atoms. The van der Waals surface area contributed by atoms with Gasteiger partial charge in [0.1, 0.15) is 6.33 Å². The molecule has 1 atom stereocenters. The second-order valence-corrected chi connectivity index (χ2v) is 6.64. The molecule has 1 unspecified atom stereocenters. The quantitative estimate of drug-likeness (QED) is 0.885. The van der Waals surface area contributed by atoms with Crippen molar-refractivity contribution in [2.45, 2.75) is 19.3 Å². The summed E-state index contributed by atoms with van der Waals surface area (Å²) in [5, 5.41) is 10.2. The first-order valence-electron chi connectivity index (χ1n) is 8.22. The number of benzene rings is 1. The van der Waals surface area contributed by atoms with Gasteiger partial charge in [-0.1, -0.05) is 18.2 Å². The molecule has 1 aromatic heterocycles. The van der Waals surface area contributed by atoms with Crippen LogP contribution in [-0.4, -0.2) is 52.2 Å². The van der Waals surface area contributed by atoms with Crippen molar-refractivity contribution in [3.63, 3.8) is 0 Å². The molecule has 2 saturated heterocycles. The van der Waals surface area contributed by atoms with Gasteiger partial charge in [0.05, 0.1) is 5.56 Å². The predicted molar refractivity (Wildman–Crippen MR) is 86.9 cm³/mol. The van der Waals surface area contributed by atoms with Crippen molar-refractivity contribution in [2.75, 3.05) is 26.2 Å². The van der Waals surface area contributed by atoms with Crippen molar-refractivity contribution >= 4 is 5.91 Å². The van der Waals surface area contributed by atoms with E-state index in [9.17, 15) is 4.79 Å². The lowest BCUT2D eigenvalue weighted by Crippen LogP contribution is -2.47. The van der Waals surface area contributed by atoms with Crippen LogP contribution in [0.2, 0.25) is 0 Å². The predicted octanol–water partition coefficient (Wildman–Crippen LogP) is 1.69. The second kappa shape index (κ2) is 5.77. The van der Waals surface area contributed by atoms with Gasteiger partial charge >= 0.3 is 0 Å². The van der Waals surface area contributed by atoms with Crippen LogP contribution in [0.25, 0.3) is 11.4 Å². The van der Waals surface area contributed by atoms with E-state index < -0.39 is 0 Å². The van der Waals surface area contributed by atoms with Gasteiger partial charge in [-0.25, -0.2) is 4.98 Å². The maximum Gasteiger partial charge on any atom is 0.254 e. The number of H-pyrrole nitrogens is 1. The number of carbonyl (C=O) groups is 1. The molecule has 23 heavy (non-hydrogen) atoms. The lowest BCUT2D eigenvalue weighted by atomic mass is 9.79. The van der Waals surface area contributed by atoms with Crippen LogP contribution in [0.4, 0.5) is 0 Å². The van der Waals surface area contributed by atoms with Gasteiger partial charge in [-0.2, -0.15) is 5.10 Å². The summed E-state index contributed by atoms with van der Waals surface area (Å²) in [5.41, 5.74) is 1.79. The van der Waals surface area contributed by atoms with Crippen molar-refractivity contribution in [3.8, 4) is 11.4 Å². The van der Waals surface area contributed by atoms with Crippen LogP contribution in [0.5, 0.6) is 0 Å². The number of rotatable bonds is 2. The molecule has 2 fully saturated rings. The number of amides is 1. The maximum absolute atomic E-state index is 13.1. The average molecular weight is 311 g/mol. The average Bonchev–Trinajstić information content (AvgIpc) is 3.27. The third kappa shape index (κ3) is 2.63. The molecule has 2 aliphatic rings. The van der Waals surface area contributed by atoms with E-state index in [1.165, 1.54) is 19.2 Å². The van der Waals surface area contributed by atoms with E-state index in [4.69, 9.17) is 0 Å². The normalized spacial score (nSPS) is 24.3. The second-order valence-electron chi connectivity index (χ2n) is 6.64. The Morgan fingerprint density at radius 2 is 2.17 bits per heavy atom. The summed E-state index contributed by atoms with van der Waals surface area (Å²) in [6.45, 7) is 3.78. The highest BCUT2D eigenvalue weighted by Crippen LogP contribution is 2.36. The Balaban J connectivity index is 1.62. The Morgan fingerprint density at radius 1 is 1.26 bits per heavy atom. The fourth-order valence-electron chi connectivity index (χ4n) is 3.91. The first-order valence-corrected chi connectivity index (χ1v) is 8.22. The van der Waals surface area contributed by atoms with Gasteiger partial charge in [0.15, 0.2) is 5.82 Å². The fourth-order valence-corrected chi connectivity index (χ4v) is 3.91. The molecule has 6 nitrogen and oxygen atoms in total. The van der Waals surface area contributed by atoms with Gasteiger partial charge in [-0.05, 0) is 31.9 Å². The third-order valence-corrected chi connectivity index (χ3v) is 5.11. The highest BCUT2D eigenvalue weighted by molar-refractivity contribution is 6.00. The van der Waals surface area contributed by atoms with E-state index in [1.54, 1.807) is 0 Å². The Hall–Kier alpha value is -2.21. The highest BCUT2D eigenvalue weighted by atomic mass is 16.2. The SMILES string of the molecule is O=C(c1ccccc1-c1ncn[nH]1)N1CCCC2(CCNC2)C1. The van der Waals surface area contributed by atoms with Gasteiger partial charge in [0.25, 0.3) is 5.91 Å². The molecule has 2 N–H and O–H groups in total. The molecule has 120 valence electrons. The fraction of sp³-hybridized carbons (Fsp3) is 0.471. The minimum Gasteiger partial charge on any atom is -0.338 e. The van der Waals surface area contributed by atoms with Crippen molar-refractivity contribution in [3.05, 3.63) is 36.2 Å². The summed E-state index contributed by atoms with van der Waals surface area (Å²) >= 11 is 0. The molecule has 1 aromatic carbocycles. The Labute approximate surface area is 135 Å². The summed E-state index contributed by atoms with van der Waals surface area (Å²) < 4.78 is 0. The molecule has 6 heteroatoms. The van der Waals surface area contributed by atoms with Gasteiger partial charge in [-0.15, -0.1) is 0 Å². The molecular weight excluding hydrogens is 290 g/mol. The van der Waals surface area contributed by atoms with E-state index in [0.29, 0.717) is 11.4 Å². The van der Waals surface area contributed by atoms with Crippen LogP contribution in [-0.2, 0) is 0 Å². The Bertz CT molecular complexity index is 691. The van der Waals surface area contributed by atoms with Crippen molar-refractivity contribution in [2.24, 2.45) is 5.41 Å². The zero-order valence-electron chi connectivity index (χ0n) is 13.1. The summed E-state index contributed by atoms with van der Waals surface area (Å²) in [7, 11) is 0. The van der Waals surface area contributed by atoms with E-state index >= 15 is 0 Å². The van der Waals surface area contributed by atoms with Gasteiger partial charge in [0.2, 0.25) is 0 Å². The minimum absolute atomic E-state index is 0.1000. The summed E-state index contributed by atoms with van der Waals surface area (Å²) in [5.74, 6) is 0.742. The number of carbonyl (C=O) groups excluding carboxylic acids is 1. The molecule has 0 bridgehead atoms. The van der Waals surface area contributed by atoms with Crippen molar-refractivity contribution in [1.82, 2.24) is 25.4 Å². The van der Waals surface area contributed by atoms with Crippen LogP contribution in [0.3, 0.4) is 0 Å². The van der Waals surface area contributed by atoms with Crippen LogP contribution >= 0.6 is 0 Å². The van der Waals surface area contributed by atoms with Gasteiger partial charge in [0, 0.05) is 30.6 Å². The molecule has 4 rings (SSSR count). The topological polar surface area (TPSA) is 73.9 Å². The number of nitrogens with one attached hydrogen (secondary N) is 2. The van der Waals surface area contributed by atoms with E-state index in [-0.39, 0.29) is 11.3 Å².